The van der Waals surface area contributed by atoms with Crippen molar-refractivity contribution in [3.05, 3.63) is 29.3 Å². The molecule has 132 valence electrons. The van der Waals surface area contributed by atoms with Crippen LogP contribution >= 0.6 is 0 Å². The fraction of sp³-hybridized carbons (Fsp3) is 0.727. The molecular formula is C22H32O2. The summed E-state index contributed by atoms with van der Waals surface area (Å²) in [6.07, 6.45) is 5.87. The van der Waals surface area contributed by atoms with Crippen molar-refractivity contribution in [2.24, 2.45) is 29.1 Å². The van der Waals surface area contributed by atoms with Gasteiger partial charge in [0.2, 0.25) is 0 Å². The Morgan fingerprint density at radius 3 is 2.71 bits per heavy atom. The van der Waals surface area contributed by atoms with Crippen LogP contribution < -0.4 is 4.74 Å². The summed E-state index contributed by atoms with van der Waals surface area (Å²) in [5, 5.41) is 11.2. The third-order valence-corrected chi connectivity index (χ3v) is 7.79. The molecule has 1 N–H and O–H groups in total. The minimum atomic E-state index is -0.192. The van der Waals surface area contributed by atoms with Crippen molar-refractivity contribution in [2.75, 3.05) is 7.11 Å². The first-order valence-electron chi connectivity index (χ1n) is 9.80. The average Bonchev–Trinajstić information content (AvgIpc) is 2.90. The standard InChI is InChI=1S/C22H32O2/c1-13(2)18-9-10-19-17-7-5-14-11-15(24-4)6-8-16(14)21(17)20(23)12-22(18,19)3/h6,8,11,13,17-21,23H,5,7,9-10,12H2,1-4H3/t17?,18?,19?,20-,21?,22-/m1/s1. The first kappa shape index (κ1) is 16.4. The van der Waals surface area contributed by atoms with Crippen LogP contribution in [-0.4, -0.2) is 18.3 Å². The maximum Gasteiger partial charge on any atom is 0.119 e. The molecule has 1 aromatic rings. The number of aliphatic hydroxyl groups is 1. The number of hydrogen-bond acceptors (Lipinski definition) is 2. The van der Waals surface area contributed by atoms with Gasteiger partial charge in [-0.2, -0.15) is 0 Å². The quantitative estimate of drug-likeness (QED) is 0.845. The van der Waals surface area contributed by atoms with Gasteiger partial charge < -0.3 is 9.84 Å². The highest BCUT2D eigenvalue weighted by Crippen LogP contribution is 2.64. The Kier molecular flexibility index (Phi) is 3.95. The number of hydrogen-bond donors (Lipinski definition) is 1. The lowest BCUT2D eigenvalue weighted by Gasteiger charge is -2.53. The fourth-order valence-corrected chi connectivity index (χ4v) is 6.90. The Hall–Kier alpha value is -1.02. The van der Waals surface area contributed by atoms with Crippen LogP contribution in [0.4, 0.5) is 0 Å². The van der Waals surface area contributed by atoms with Crippen LogP contribution in [0.3, 0.4) is 0 Å². The van der Waals surface area contributed by atoms with Crippen LogP contribution in [0.15, 0.2) is 18.2 Å². The molecule has 2 fully saturated rings. The lowest BCUT2D eigenvalue weighted by molar-refractivity contribution is -0.0622. The molecule has 24 heavy (non-hydrogen) atoms. The number of aliphatic hydroxyl groups excluding tert-OH is 1. The van der Waals surface area contributed by atoms with Gasteiger partial charge in [-0.1, -0.05) is 26.8 Å². The largest absolute Gasteiger partial charge is 0.497 e. The number of aryl methyl sites for hydroxylation is 1. The van der Waals surface area contributed by atoms with Crippen molar-refractivity contribution < 1.29 is 9.84 Å². The van der Waals surface area contributed by atoms with Crippen molar-refractivity contribution in [3.63, 3.8) is 0 Å². The Morgan fingerprint density at radius 1 is 1.21 bits per heavy atom. The van der Waals surface area contributed by atoms with Gasteiger partial charge in [0.15, 0.2) is 0 Å². The van der Waals surface area contributed by atoms with Crippen LogP contribution in [0.5, 0.6) is 5.75 Å². The van der Waals surface area contributed by atoms with Gasteiger partial charge in [-0.3, -0.25) is 0 Å². The van der Waals surface area contributed by atoms with Gasteiger partial charge in [-0.05, 0) is 84.5 Å². The van der Waals surface area contributed by atoms with Crippen LogP contribution in [0.25, 0.3) is 0 Å². The molecule has 0 radical (unpaired) electrons. The van der Waals surface area contributed by atoms with Crippen LogP contribution in [0, 0.1) is 29.1 Å². The first-order chi connectivity index (χ1) is 11.5. The van der Waals surface area contributed by atoms with E-state index in [-0.39, 0.29) is 6.10 Å². The zero-order chi connectivity index (χ0) is 17.1. The van der Waals surface area contributed by atoms with Crippen molar-refractivity contribution in [1.82, 2.24) is 0 Å². The van der Waals surface area contributed by atoms with E-state index >= 15 is 0 Å². The zero-order valence-corrected chi connectivity index (χ0v) is 15.6. The summed E-state index contributed by atoms with van der Waals surface area (Å²) in [5.74, 6) is 4.22. The summed E-state index contributed by atoms with van der Waals surface area (Å²) < 4.78 is 5.41. The summed E-state index contributed by atoms with van der Waals surface area (Å²) in [7, 11) is 1.73. The third-order valence-electron chi connectivity index (χ3n) is 7.79. The number of fused-ring (bicyclic) bond motifs is 5. The SMILES string of the molecule is COc1ccc2c(c1)CCC1C2[C@H](O)C[C@]2(C)C(C(C)C)CCC12. The van der Waals surface area contributed by atoms with E-state index in [1.807, 2.05) is 0 Å². The van der Waals surface area contributed by atoms with E-state index in [2.05, 4.69) is 39.0 Å². The van der Waals surface area contributed by atoms with Crippen LogP contribution in [-0.2, 0) is 6.42 Å². The summed E-state index contributed by atoms with van der Waals surface area (Å²) in [5.41, 5.74) is 3.13. The van der Waals surface area contributed by atoms with Gasteiger partial charge in [0, 0.05) is 5.92 Å². The average molecular weight is 328 g/mol. The minimum absolute atomic E-state index is 0.192. The Labute approximate surface area is 146 Å². The number of ether oxygens (including phenoxy) is 1. The highest BCUT2D eigenvalue weighted by molar-refractivity contribution is 5.41. The molecule has 0 saturated heterocycles. The Morgan fingerprint density at radius 2 is 2.00 bits per heavy atom. The molecule has 0 aromatic heterocycles. The maximum atomic E-state index is 11.2. The van der Waals surface area contributed by atoms with Gasteiger partial charge in [-0.25, -0.2) is 0 Å². The number of benzene rings is 1. The highest BCUT2D eigenvalue weighted by atomic mass is 16.5. The second kappa shape index (κ2) is 5.76. The molecule has 2 nitrogen and oxygen atoms in total. The molecule has 4 rings (SSSR count). The molecular weight excluding hydrogens is 296 g/mol. The molecule has 3 aliphatic rings. The molecule has 4 unspecified atom stereocenters. The van der Waals surface area contributed by atoms with E-state index < -0.39 is 0 Å². The number of rotatable bonds is 2. The summed E-state index contributed by atoms with van der Waals surface area (Å²) in [6.45, 7) is 7.23. The Balaban J connectivity index is 1.70. The van der Waals surface area contributed by atoms with Crippen LogP contribution in [0.2, 0.25) is 0 Å². The summed E-state index contributed by atoms with van der Waals surface area (Å²) in [6, 6.07) is 6.50. The third kappa shape index (κ3) is 2.25. The van der Waals surface area contributed by atoms with E-state index in [0.717, 1.165) is 36.3 Å². The van der Waals surface area contributed by atoms with E-state index in [1.54, 1.807) is 7.11 Å². The predicted molar refractivity (Wildman–Crippen MR) is 97.3 cm³/mol. The molecule has 0 heterocycles. The molecule has 2 heteroatoms. The van der Waals surface area contributed by atoms with Gasteiger partial charge in [-0.15, -0.1) is 0 Å². The van der Waals surface area contributed by atoms with Gasteiger partial charge in [0.25, 0.3) is 0 Å². The van der Waals surface area contributed by atoms with Crippen molar-refractivity contribution in [3.8, 4) is 5.75 Å². The second-order valence-corrected chi connectivity index (χ2v) is 9.10. The topological polar surface area (TPSA) is 29.5 Å². The lowest BCUT2D eigenvalue weighted by Crippen LogP contribution is -2.49. The monoisotopic (exact) mass is 328 g/mol. The van der Waals surface area contributed by atoms with E-state index in [9.17, 15) is 5.11 Å². The molecule has 0 amide bonds. The number of methoxy groups -OCH3 is 1. The summed E-state index contributed by atoms with van der Waals surface area (Å²) in [4.78, 5) is 0. The van der Waals surface area contributed by atoms with Gasteiger partial charge >= 0.3 is 0 Å². The molecule has 2 saturated carbocycles. The van der Waals surface area contributed by atoms with Crippen molar-refractivity contribution in [2.45, 2.75) is 64.9 Å². The van der Waals surface area contributed by atoms with E-state index in [4.69, 9.17) is 4.74 Å². The minimum Gasteiger partial charge on any atom is -0.497 e. The van der Waals surface area contributed by atoms with Gasteiger partial charge in [0.1, 0.15) is 5.75 Å². The zero-order valence-electron chi connectivity index (χ0n) is 15.6. The second-order valence-electron chi connectivity index (χ2n) is 9.10. The summed E-state index contributed by atoms with van der Waals surface area (Å²) >= 11 is 0. The van der Waals surface area contributed by atoms with Crippen LogP contribution in [0.1, 0.15) is 63.5 Å². The highest BCUT2D eigenvalue weighted by Gasteiger charge is 2.57. The van der Waals surface area contributed by atoms with Crippen molar-refractivity contribution >= 4 is 0 Å². The molecule has 0 aliphatic heterocycles. The molecule has 3 aliphatic carbocycles. The Bertz CT molecular complexity index is 622. The fourth-order valence-electron chi connectivity index (χ4n) is 6.90. The van der Waals surface area contributed by atoms with E-state index in [1.165, 1.54) is 30.4 Å². The molecule has 6 atom stereocenters. The molecule has 1 aromatic carbocycles. The van der Waals surface area contributed by atoms with E-state index in [0.29, 0.717) is 17.3 Å². The first-order valence-corrected chi connectivity index (χ1v) is 9.80. The maximum absolute atomic E-state index is 11.2. The molecule has 0 spiro atoms. The predicted octanol–water partition coefficient (Wildman–Crippen LogP) is 4.79. The van der Waals surface area contributed by atoms with Crippen molar-refractivity contribution in [1.29, 1.82) is 0 Å². The molecule has 0 bridgehead atoms. The lowest BCUT2D eigenvalue weighted by atomic mass is 9.52. The van der Waals surface area contributed by atoms with Gasteiger partial charge in [0.05, 0.1) is 13.2 Å². The smallest absolute Gasteiger partial charge is 0.119 e. The normalized spacial score (nSPS) is 40.8.